The molecule has 2 aliphatic rings. The Bertz CT molecular complexity index is 1680. The van der Waals surface area contributed by atoms with E-state index in [2.05, 4.69) is 4.99 Å². The van der Waals surface area contributed by atoms with E-state index in [9.17, 15) is 14.4 Å². The smallest absolute Gasteiger partial charge is 0.338 e. The van der Waals surface area contributed by atoms with E-state index in [1.807, 2.05) is 31.2 Å². The predicted molar refractivity (Wildman–Crippen MR) is 143 cm³/mol. The fourth-order valence-corrected chi connectivity index (χ4v) is 6.02. The van der Waals surface area contributed by atoms with Gasteiger partial charge in [-0.15, -0.1) is 0 Å². The van der Waals surface area contributed by atoms with Gasteiger partial charge in [-0.3, -0.25) is 14.2 Å². The first kappa shape index (κ1) is 25.5. The third-order valence-corrected chi connectivity index (χ3v) is 7.63. The number of ether oxygens (including phenoxy) is 3. The topological polar surface area (TPSA) is 99.4 Å². The molecule has 3 aromatic rings. The zero-order valence-electron chi connectivity index (χ0n) is 21.7. The number of carbonyl (C=O) groups is 2. The van der Waals surface area contributed by atoms with Crippen LogP contribution in [0.3, 0.4) is 0 Å². The van der Waals surface area contributed by atoms with Crippen LogP contribution in [0.2, 0.25) is 0 Å². The van der Waals surface area contributed by atoms with E-state index in [4.69, 9.17) is 14.2 Å². The molecule has 2 aromatic carbocycles. The standard InChI is InChI=1S/C28H27N3O6S/c1-6-36-20-14-16(12-13-19(20)35-5)23-21(27(34)37-7-2)15(3)29-28-31(23)26(33)24(38-28)22-17-10-8-9-11-18(17)30(4)25(22)32/h8-14,23H,6-7H2,1-5H3/b24-22-/t23-/m0/s1. The maximum Gasteiger partial charge on any atom is 0.338 e. The number of nitrogens with zero attached hydrogens (tertiary/aromatic N) is 3. The molecule has 3 heterocycles. The lowest BCUT2D eigenvalue weighted by Gasteiger charge is -2.25. The first-order chi connectivity index (χ1) is 18.3. The van der Waals surface area contributed by atoms with E-state index in [-0.39, 0.29) is 22.6 Å². The summed E-state index contributed by atoms with van der Waals surface area (Å²) in [5.41, 5.74) is 2.65. The number of amides is 1. The number of esters is 1. The number of anilines is 1. The third-order valence-electron chi connectivity index (χ3n) is 6.58. The fraction of sp³-hybridized carbons (Fsp3) is 0.286. The molecule has 9 nitrogen and oxygen atoms in total. The Morgan fingerprint density at radius 3 is 2.55 bits per heavy atom. The molecule has 0 radical (unpaired) electrons. The highest BCUT2D eigenvalue weighted by Gasteiger charge is 2.36. The minimum absolute atomic E-state index is 0.168. The number of allylic oxidation sites excluding steroid dienone is 1. The normalized spacial score (nSPS) is 17.7. The van der Waals surface area contributed by atoms with E-state index in [0.29, 0.717) is 45.3 Å². The number of fused-ring (bicyclic) bond motifs is 2. The van der Waals surface area contributed by atoms with Crippen molar-refractivity contribution in [3.05, 3.63) is 84.5 Å². The number of aromatic nitrogens is 1. The van der Waals surface area contributed by atoms with Crippen molar-refractivity contribution < 1.29 is 23.8 Å². The van der Waals surface area contributed by atoms with Gasteiger partial charge in [0.25, 0.3) is 11.5 Å². The fourth-order valence-electron chi connectivity index (χ4n) is 4.88. The van der Waals surface area contributed by atoms with Crippen molar-refractivity contribution in [3.63, 3.8) is 0 Å². The Morgan fingerprint density at radius 2 is 1.84 bits per heavy atom. The number of methoxy groups -OCH3 is 1. The van der Waals surface area contributed by atoms with E-state index < -0.39 is 17.6 Å². The van der Waals surface area contributed by atoms with Gasteiger partial charge in [0.05, 0.1) is 48.9 Å². The minimum atomic E-state index is -0.839. The Morgan fingerprint density at radius 1 is 1.08 bits per heavy atom. The second-order valence-electron chi connectivity index (χ2n) is 8.72. The average Bonchev–Trinajstić information content (AvgIpc) is 3.35. The number of benzene rings is 2. The molecule has 0 spiro atoms. The molecule has 0 saturated heterocycles. The average molecular weight is 534 g/mol. The summed E-state index contributed by atoms with van der Waals surface area (Å²) in [6.07, 6.45) is 0. The summed E-state index contributed by atoms with van der Waals surface area (Å²) in [7, 11) is 3.23. The molecule has 0 fully saturated rings. The second-order valence-corrected chi connectivity index (χ2v) is 9.70. The molecule has 196 valence electrons. The van der Waals surface area contributed by atoms with Gasteiger partial charge in [-0.25, -0.2) is 9.79 Å². The van der Waals surface area contributed by atoms with Crippen molar-refractivity contribution in [2.75, 3.05) is 32.3 Å². The van der Waals surface area contributed by atoms with Gasteiger partial charge in [-0.1, -0.05) is 35.6 Å². The number of carbonyl (C=O) groups excluding carboxylic acids is 2. The van der Waals surface area contributed by atoms with Crippen LogP contribution in [0.4, 0.5) is 5.69 Å². The zero-order valence-corrected chi connectivity index (χ0v) is 22.5. The number of rotatable bonds is 6. The van der Waals surface area contributed by atoms with Crippen LogP contribution in [0.1, 0.15) is 37.9 Å². The Kier molecular flexibility index (Phi) is 6.66. The highest BCUT2D eigenvalue weighted by atomic mass is 32.1. The van der Waals surface area contributed by atoms with E-state index in [1.54, 1.807) is 46.2 Å². The lowest BCUT2D eigenvalue weighted by Crippen LogP contribution is -2.40. The maximum atomic E-state index is 14.1. The Balaban J connectivity index is 1.82. The van der Waals surface area contributed by atoms with Gasteiger partial charge in [-0.05, 0) is 44.5 Å². The second kappa shape index (κ2) is 9.94. The molecule has 0 aliphatic carbocycles. The molecular weight excluding hydrogens is 506 g/mol. The Hall–Kier alpha value is -4.18. The molecule has 1 aromatic heterocycles. The zero-order chi connectivity index (χ0) is 27.1. The summed E-state index contributed by atoms with van der Waals surface area (Å²) in [4.78, 5) is 47.1. The molecule has 0 unspecified atom stereocenters. The summed E-state index contributed by atoms with van der Waals surface area (Å²) < 4.78 is 18.3. The van der Waals surface area contributed by atoms with Crippen molar-refractivity contribution in [1.82, 2.24) is 4.57 Å². The molecule has 2 aliphatic heterocycles. The van der Waals surface area contributed by atoms with Crippen molar-refractivity contribution >= 4 is 34.5 Å². The molecule has 1 atom stereocenters. The van der Waals surface area contributed by atoms with Crippen LogP contribution in [-0.2, 0) is 14.3 Å². The quantitative estimate of drug-likeness (QED) is 0.452. The van der Waals surface area contributed by atoms with Gasteiger partial charge in [0, 0.05) is 12.6 Å². The molecular formula is C28H27N3O6S. The first-order valence-electron chi connectivity index (χ1n) is 12.2. The van der Waals surface area contributed by atoms with Gasteiger partial charge in [0.2, 0.25) is 0 Å². The van der Waals surface area contributed by atoms with Crippen molar-refractivity contribution in [1.29, 1.82) is 0 Å². The highest BCUT2D eigenvalue weighted by molar-refractivity contribution is 7.07. The van der Waals surface area contributed by atoms with Gasteiger partial charge < -0.3 is 19.1 Å². The lowest BCUT2D eigenvalue weighted by atomic mass is 9.95. The molecule has 1 amide bonds. The highest BCUT2D eigenvalue weighted by Crippen LogP contribution is 2.37. The van der Waals surface area contributed by atoms with E-state index >= 15 is 0 Å². The predicted octanol–water partition coefficient (Wildman–Crippen LogP) is 2.55. The van der Waals surface area contributed by atoms with Gasteiger partial charge in [0.1, 0.15) is 4.53 Å². The van der Waals surface area contributed by atoms with Crippen LogP contribution >= 0.6 is 11.3 Å². The molecule has 5 rings (SSSR count). The van der Waals surface area contributed by atoms with Crippen LogP contribution in [0.5, 0.6) is 11.5 Å². The van der Waals surface area contributed by atoms with Crippen LogP contribution < -0.4 is 29.3 Å². The molecule has 0 bridgehead atoms. The molecule has 0 saturated carbocycles. The molecule has 10 heteroatoms. The van der Waals surface area contributed by atoms with Gasteiger partial charge in [-0.2, -0.15) is 0 Å². The monoisotopic (exact) mass is 533 g/mol. The van der Waals surface area contributed by atoms with Crippen LogP contribution in [0, 0.1) is 0 Å². The van der Waals surface area contributed by atoms with E-state index in [0.717, 1.165) is 17.0 Å². The summed E-state index contributed by atoms with van der Waals surface area (Å²) in [5, 5.41) is 0. The SMILES string of the molecule is CCOC(=O)C1=C(C)N=c2s/c(=C3\C(=O)N(C)c4ccccc43)c(=O)n2[C@H]1c1ccc(OC)c(OCC)c1. The summed E-state index contributed by atoms with van der Waals surface area (Å²) in [6, 6.07) is 11.8. The van der Waals surface area contributed by atoms with Gasteiger partial charge >= 0.3 is 5.97 Å². The first-order valence-corrected chi connectivity index (χ1v) is 13.0. The number of para-hydroxylation sites is 1. The van der Waals surface area contributed by atoms with Crippen molar-refractivity contribution in [3.8, 4) is 11.5 Å². The van der Waals surface area contributed by atoms with Gasteiger partial charge in [0.15, 0.2) is 16.3 Å². The van der Waals surface area contributed by atoms with Crippen molar-refractivity contribution in [2.24, 2.45) is 4.99 Å². The summed E-state index contributed by atoms with van der Waals surface area (Å²) >= 11 is 1.14. The number of thiazole rings is 1. The summed E-state index contributed by atoms with van der Waals surface area (Å²) in [6.45, 7) is 5.87. The largest absolute Gasteiger partial charge is 0.493 e. The number of hydrogen-bond acceptors (Lipinski definition) is 8. The molecule has 0 N–H and O–H groups in total. The van der Waals surface area contributed by atoms with Crippen LogP contribution in [-0.4, -0.2) is 43.8 Å². The third kappa shape index (κ3) is 3.92. The number of likely N-dealkylation sites (N-methyl/N-ethyl adjacent to an activating group) is 1. The maximum absolute atomic E-state index is 14.1. The lowest BCUT2D eigenvalue weighted by molar-refractivity contribution is -0.139. The minimum Gasteiger partial charge on any atom is -0.493 e. The number of hydrogen-bond donors (Lipinski definition) is 0. The van der Waals surface area contributed by atoms with Crippen molar-refractivity contribution in [2.45, 2.75) is 26.8 Å². The van der Waals surface area contributed by atoms with Crippen LogP contribution in [0.25, 0.3) is 5.57 Å². The van der Waals surface area contributed by atoms with Crippen LogP contribution in [0.15, 0.2) is 63.5 Å². The summed E-state index contributed by atoms with van der Waals surface area (Å²) in [5.74, 6) is 0.182. The Labute approximate surface area is 222 Å². The van der Waals surface area contributed by atoms with E-state index in [1.165, 1.54) is 9.47 Å². The molecule has 38 heavy (non-hydrogen) atoms.